The molecule has 1 amide bonds. The van der Waals surface area contributed by atoms with Crippen LogP contribution in [0.25, 0.3) is 0 Å². The molecule has 1 N–H and O–H groups in total. The lowest BCUT2D eigenvalue weighted by Gasteiger charge is -2.06. The highest BCUT2D eigenvalue weighted by molar-refractivity contribution is 5.99. The average Bonchev–Trinajstić information content (AvgIpc) is 2.66. The second-order valence-corrected chi connectivity index (χ2v) is 5.73. The number of hydrogen-bond acceptors (Lipinski definition) is 6. The molecule has 8 heteroatoms. The maximum Gasteiger partial charge on any atom is 0.338 e. The van der Waals surface area contributed by atoms with Gasteiger partial charge in [-0.15, -0.1) is 0 Å². The van der Waals surface area contributed by atoms with Crippen LogP contribution in [0.15, 0.2) is 48.5 Å². The van der Waals surface area contributed by atoms with Crippen molar-refractivity contribution in [3.8, 4) is 0 Å². The van der Waals surface area contributed by atoms with E-state index in [-0.39, 0.29) is 22.9 Å². The minimum atomic E-state index is -0.731. The van der Waals surface area contributed by atoms with Crippen molar-refractivity contribution >= 4 is 23.3 Å². The molecule has 0 spiro atoms. The normalized spacial score (nSPS) is 10.1. The molecular formula is C19H18N2O6. The Morgan fingerprint density at radius 1 is 1.00 bits per heavy atom. The van der Waals surface area contributed by atoms with Crippen LogP contribution in [0.4, 0.5) is 5.69 Å². The lowest BCUT2D eigenvalue weighted by Crippen LogP contribution is -2.22. The van der Waals surface area contributed by atoms with Crippen LogP contribution in [0.5, 0.6) is 0 Å². The number of carbonyl (C=O) groups excluding carboxylic acids is 3. The largest absolute Gasteiger partial charge is 0.454 e. The van der Waals surface area contributed by atoms with Gasteiger partial charge in [-0.3, -0.25) is 19.7 Å². The molecule has 8 nitrogen and oxygen atoms in total. The van der Waals surface area contributed by atoms with Gasteiger partial charge in [0.15, 0.2) is 12.4 Å². The first-order chi connectivity index (χ1) is 12.9. The minimum absolute atomic E-state index is 0.100. The third kappa shape index (κ3) is 6.03. The Balaban J connectivity index is 1.86. The monoisotopic (exact) mass is 370 g/mol. The van der Waals surface area contributed by atoms with Gasteiger partial charge in [0.25, 0.3) is 5.69 Å². The van der Waals surface area contributed by atoms with Gasteiger partial charge in [-0.05, 0) is 24.1 Å². The second-order valence-electron chi connectivity index (χ2n) is 5.73. The number of ketones is 1. The van der Waals surface area contributed by atoms with Crippen LogP contribution >= 0.6 is 0 Å². The van der Waals surface area contributed by atoms with Crippen LogP contribution in [-0.4, -0.2) is 35.7 Å². The van der Waals surface area contributed by atoms with Crippen molar-refractivity contribution in [3.05, 3.63) is 75.3 Å². The molecule has 27 heavy (non-hydrogen) atoms. The zero-order chi connectivity index (χ0) is 19.8. The summed E-state index contributed by atoms with van der Waals surface area (Å²) in [5, 5.41) is 13.3. The molecule has 0 bridgehead atoms. The maximum atomic E-state index is 12.1. The molecule has 0 saturated carbocycles. The number of ether oxygens (including phenoxy) is 1. The molecule has 0 radical (unpaired) electrons. The van der Waals surface area contributed by atoms with Gasteiger partial charge in [-0.25, -0.2) is 4.79 Å². The predicted octanol–water partition coefficient (Wildman–Crippen LogP) is 2.31. The van der Waals surface area contributed by atoms with Gasteiger partial charge < -0.3 is 10.1 Å². The van der Waals surface area contributed by atoms with E-state index in [0.717, 1.165) is 5.56 Å². The number of hydrogen-bond donors (Lipinski definition) is 1. The summed E-state index contributed by atoms with van der Waals surface area (Å²) < 4.78 is 4.96. The molecule has 0 aliphatic heterocycles. The molecule has 2 aromatic rings. The molecule has 0 aliphatic rings. The van der Waals surface area contributed by atoms with Crippen LogP contribution in [0.2, 0.25) is 0 Å². The van der Waals surface area contributed by atoms with Gasteiger partial charge in [0, 0.05) is 31.2 Å². The highest BCUT2D eigenvalue weighted by Crippen LogP contribution is 2.13. The topological polar surface area (TPSA) is 116 Å². The molecule has 0 aromatic heterocycles. The smallest absolute Gasteiger partial charge is 0.338 e. The van der Waals surface area contributed by atoms with Crippen molar-refractivity contribution in [2.24, 2.45) is 0 Å². The number of amides is 1. The van der Waals surface area contributed by atoms with Gasteiger partial charge >= 0.3 is 5.97 Å². The molecule has 2 rings (SSSR count). The Morgan fingerprint density at radius 2 is 1.59 bits per heavy atom. The molecule has 0 saturated heterocycles. The van der Waals surface area contributed by atoms with E-state index in [2.05, 4.69) is 5.32 Å². The number of benzene rings is 2. The van der Waals surface area contributed by atoms with E-state index in [9.17, 15) is 24.5 Å². The highest BCUT2D eigenvalue weighted by atomic mass is 16.6. The SMILES string of the molecule is CC(=O)NCCc1ccc(C(=O)COC(=O)c2ccc([N+](=O)[O-])cc2)cc1. The summed E-state index contributed by atoms with van der Waals surface area (Å²) in [6.07, 6.45) is 0.642. The number of rotatable bonds is 8. The molecule has 140 valence electrons. The third-order valence-electron chi connectivity index (χ3n) is 3.71. The Kier molecular flexibility index (Phi) is 6.76. The third-order valence-corrected chi connectivity index (χ3v) is 3.71. The number of esters is 1. The van der Waals surface area contributed by atoms with E-state index >= 15 is 0 Å². The summed E-state index contributed by atoms with van der Waals surface area (Å²) in [6.45, 7) is 1.52. The summed E-state index contributed by atoms with van der Waals surface area (Å²) in [4.78, 5) is 44.9. The fraction of sp³-hybridized carbons (Fsp3) is 0.211. The summed E-state index contributed by atoms with van der Waals surface area (Å²) in [5.74, 6) is -1.19. The number of carbonyl (C=O) groups is 3. The van der Waals surface area contributed by atoms with Crippen LogP contribution in [0.3, 0.4) is 0 Å². The van der Waals surface area contributed by atoms with Crippen LogP contribution in [0, 0.1) is 10.1 Å². The second kappa shape index (κ2) is 9.23. The zero-order valence-corrected chi connectivity index (χ0v) is 14.6. The lowest BCUT2D eigenvalue weighted by molar-refractivity contribution is -0.384. The van der Waals surface area contributed by atoms with Gasteiger partial charge in [-0.1, -0.05) is 24.3 Å². The summed E-state index contributed by atoms with van der Waals surface area (Å²) >= 11 is 0. The Hall–Kier alpha value is -3.55. The molecule has 0 heterocycles. The molecule has 0 fully saturated rings. The van der Waals surface area contributed by atoms with Crippen molar-refractivity contribution in [1.82, 2.24) is 5.32 Å². The van der Waals surface area contributed by atoms with Crippen molar-refractivity contribution in [3.63, 3.8) is 0 Å². The lowest BCUT2D eigenvalue weighted by atomic mass is 10.1. The van der Waals surface area contributed by atoms with E-state index in [1.165, 1.54) is 31.2 Å². The molecular weight excluding hydrogens is 352 g/mol. The summed E-state index contributed by atoms with van der Waals surface area (Å²) in [5.41, 5.74) is 1.35. The van der Waals surface area contributed by atoms with Crippen LogP contribution < -0.4 is 5.32 Å². The number of nitro groups is 1. The molecule has 0 atom stereocenters. The highest BCUT2D eigenvalue weighted by Gasteiger charge is 2.13. The van der Waals surface area contributed by atoms with E-state index < -0.39 is 17.5 Å². The number of Topliss-reactive ketones (excluding diaryl/α,β-unsaturated/α-hetero) is 1. The van der Waals surface area contributed by atoms with E-state index in [0.29, 0.717) is 18.5 Å². The summed E-state index contributed by atoms with van der Waals surface area (Å²) in [6, 6.07) is 11.7. The Bertz CT molecular complexity index is 844. The predicted molar refractivity (Wildman–Crippen MR) is 96.5 cm³/mol. The average molecular weight is 370 g/mol. The van der Waals surface area contributed by atoms with Crippen molar-refractivity contribution in [2.75, 3.05) is 13.2 Å². The molecule has 2 aromatic carbocycles. The fourth-order valence-electron chi connectivity index (χ4n) is 2.26. The first-order valence-electron chi connectivity index (χ1n) is 8.15. The minimum Gasteiger partial charge on any atom is -0.454 e. The van der Waals surface area contributed by atoms with Crippen LogP contribution in [0.1, 0.15) is 33.2 Å². The molecule has 0 unspecified atom stereocenters. The number of nitrogens with one attached hydrogen (secondary N) is 1. The van der Waals surface area contributed by atoms with Crippen molar-refractivity contribution in [2.45, 2.75) is 13.3 Å². The van der Waals surface area contributed by atoms with Gasteiger partial charge in [0.1, 0.15) is 0 Å². The number of nitrogens with zero attached hydrogens (tertiary/aromatic N) is 1. The Morgan fingerprint density at radius 3 is 2.15 bits per heavy atom. The zero-order valence-electron chi connectivity index (χ0n) is 14.6. The van der Waals surface area contributed by atoms with Gasteiger partial charge in [-0.2, -0.15) is 0 Å². The first-order valence-corrected chi connectivity index (χ1v) is 8.15. The van der Waals surface area contributed by atoms with E-state index in [1.54, 1.807) is 24.3 Å². The van der Waals surface area contributed by atoms with Gasteiger partial charge in [0.05, 0.1) is 10.5 Å². The first kappa shape index (κ1) is 19.8. The van der Waals surface area contributed by atoms with Gasteiger partial charge in [0.2, 0.25) is 5.91 Å². The summed E-state index contributed by atoms with van der Waals surface area (Å²) in [7, 11) is 0. The van der Waals surface area contributed by atoms with E-state index in [4.69, 9.17) is 4.74 Å². The Labute approximate surface area is 155 Å². The standard InChI is InChI=1S/C19H18N2O6/c1-13(22)20-11-10-14-2-4-15(5-3-14)18(23)12-27-19(24)16-6-8-17(9-7-16)21(25)26/h2-9H,10-12H2,1H3,(H,20,22). The quantitative estimate of drug-likeness (QED) is 0.330. The van der Waals surface area contributed by atoms with Crippen LogP contribution in [-0.2, 0) is 16.0 Å². The van der Waals surface area contributed by atoms with E-state index in [1.807, 2.05) is 0 Å². The van der Waals surface area contributed by atoms with Crippen molar-refractivity contribution < 1.29 is 24.0 Å². The van der Waals surface area contributed by atoms with Crippen molar-refractivity contribution in [1.29, 1.82) is 0 Å². The number of nitro benzene ring substituents is 1. The fourth-order valence-corrected chi connectivity index (χ4v) is 2.26. The number of non-ortho nitro benzene ring substituents is 1. The maximum absolute atomic E-state index is 12.1. The molecule has 0 aliphatic carbocycles.